The Labute approximate surface area is 153 Å². The maximum atomic E-state index is 6.44. The van der Waals surface area contributed by atoms with Gasteiger partial charge in [-0.2, -0.15) is 4.98 Å². The van der Waals surface area contributed by atoms with Crippen molar-refractivity contribution in [3.8, 4) is 17.2 Å². The molecule has 2 aromatic carbocycles. The van der Waals surface area contributed by atoms with E-state index >= 15 is 0 Å². The Kier molecular flexibility index (Phi) is 4.47. The Hall–Kier alpha value is -2.66. The van der Waals surface area contributed by atoms with E-state index in [4.69, 9.17) is 15.0 Å². The summed E-state index contributed by atoms with van der Waals surface area (Å²) in [6.45, 7) is 2.57. The van der Waals surface area contributed by atoms with Gasteiger partial charge in [0, 0.05) is 0 Å². The van der Waals surface area contributed by atoms with Gasteiger partial charge in [-0.3, -0.25) is 0 Å². The number of ether oxygens (including phenoxy) is 1. The molecular formula is C21H23N3O2. The fourth-order valence-electron chi connectivity index (χ4n) is 3.46. The molecule has 1 aliphatic carbocycles. The van der Waals surface area contributed by atoms with Crippen LogP contribution in [0, 0.1) is 6.92 Å². The van der Waals surface area contributed by atoms with Crippen LogP contribution in [0.3, 0.4) is 0 Å². The lowest BCUT2D eigenvalue weighted by Crippen LogP contribution is -2.34. The van der Waals surface area contributed by atoms with Gasteiger partial charge in [-0.1, -0.05) is 54.4 Å². The number of hydrogen-bond donors (Lipinski definition) is 1. The monoisotopic (exact) mass is 349 g/mol. The SMILES string of the molecule is Cc1ccccc1COc1ccccc1-c1nc(C2(N)CCCC2)no1. The molecule has 1 aliphatic rings. The molecule has 1 fully saturated rings. The molecule has 1 saturated carbocycles. The Morgan fingerprint density at radius 2 is 1.81 bits per heavy atom. The zero-order valence-electron chi connectivity index (χ0n) is 14.9. The molecule has 0 atom stereocenters. The van der Waals surface area contributed by atoms with Crippen LogP contribution in [0.1, 0.15) is 42.6 Å². The van der Waals surface area contributed by atoms with Crippen LogP contribution in [0.5, 0.6) is 5.75 Å². The minimum absolute atomic E-state index is 0.456. The van der Waals surface area contributed by atoms with Crippen molar-refractivity contribution in [3.63, 3.8) is 0 Å². The molecule has 0 saturated heterocycles. The van der Waals surface area contributed by atoms with E-state index in [-0.39, 0.29) is 0 Å². The molecular weight excluding hydrogens is 326 g/mol. The highest BCUT2D eigenvalue weighted by Gasteiger charge is 2.36. The van der Waals surface area contributed by atoms with Crippen molar-refractivity contribution < 1.29 is 9.26 Å². The molecule has 1 aromatic heterocycles. The van der Waals surface area contributed by atoms with Gasteiger partial charge in [-0.05, 0) is 43.0 Å². The van der Waals surface area contributed by atoms with Crippen LogP contribution in [0.25, 0.3) is 11.5 Å². The van der Waals surface area contributed by atoms with Crippen molar-refractivity contribution in [2.24, 2.45) is 5.73 Å². The minimum Gasteiger partial charge on any atom is -0.488 e. The molecule has 0 spiro atoms. The van der Waals surface area contributed by atoms with Gasteiger partial charge in [0.05, 0.1) is 11.1 Å². The van der Waals surface area contributed by atoms with Gasteiger partial charge in [-0.15, -0.1) is 0 Å². The van der Waals surface area contributed by atoms with Crippen LogP contribution >= 0.6 is 0 Å². The van der Waals surface area contributed by atoms with Gasteiger partial charge < -0.3 is 15.0 Å². The second-order valence-electron chi connectivity index (χ2n) is 7.00. The smallest absolute Gasteiger partial charge is 0.261 e. The van der Waals surface area contributed by atoms with E-state index in [0.29, 0.717) is 18.3 Å². The van der Waals surface area contributed by atoms with E-state index in [0.717, 1.165) is 42.6 Å². The van der Waals surface area contributed by atoms with Gasteiger partial charge in [0.15, 0.2) is 5.82 Å². The molecule has 5 nitrogen and oxygen atoms in total. The number of hydrogen-bond acceptors (Lipinski definition) is 5. The zero-order valence-corrected chi connectivity index (χ0v) is 14.9. The third-order valence-corrected chi connectivity index (χ3v) is 5.13. The number of aromatic nitrogens is 2. The molecule has 5 heteroatoms. The highest BCUT2D eigenvalue weighted by molar-refractivity contribution is 5.62. The van der Waals surface area contributed by atoms with Crippen LogP contribution in [0.2, 0.25) is 0 Å². The summed E-state index contributed by atoms with van der Waals surface area (Å²) >= 11 is 0. The van der Waals surface area contributed by atoms with Crippen molar-refractivity contribution in [3.05, 3.63) is 65.5 Å². The van der Waals surface area contributed by atoms with E-state index in [1.54, 1.807) is 0 Å². The van der Waals surface area contributed by atoms with E-state index in [2.05, 4.69) is 29.2 Å². The number of rotatable bonds is 5. The summed E-state index contributed by atoms with van der Waals surface area (Å²) in [5, 5.41) is 4.15. The lowest BCUT2D eigenvalue weighted by molar-refractivity contribution is 0.305. The average Bonchev–Trinajstić information content (AvgIpc) is 3.32. The van der Waals surface area contributed by atoms with Crippen LogP contribution in [-0.2, 0) is 12.1 Å². The largest absolute Gasteiger partial charge is 0.488 e. The summed E-state index contributed by atoms with van der Waals surface area (Å²) < 4.78 is 11.6. The van der Waals surface area contributed by atoms with Gasteiger partial charge in [0.2, 0.25) is 0 Å². The molecule has 0 bridgehead atoms. The van der Waals surface area contributed by atoms with Gasteiger partial charge in [0.25, 0.3) is 5.89 Å². The first-order valence-electron chi connectivity index (χ1n) is 9.05. The standard InChI is InChI=1S/C21H23N3O2/c1-15-8-2-3-9-16(15)14-25-18-11-5-4-10-17(18)19-23-20(24-26-19)21(22)12-6-7-13-21/h2-5,8-11H,6-7,12-14,22H2,1H3. The van der Waals surface area contributed by atoms with Gasteiger partial charge >= 0.3 is 0 Å². The van der Waals surface area contributed by atoms with E-state index < -0.39 is 5.54 Å². The van der Waals surface area contributed by atoms with Crippen molar-refractivity contribution in [1.82, 2.24) is 10.1 Å². The number of benzene rings is 2. The molecule has 3 aromatic rings. The average molecular weight is 349 g/mol. The second kappa shape index (κ2) is 6.92. The van der Waals surface area contributed by atoms with Crippen LogP contribution in [0.15, 0.2) is 53.1 Å². The Balaban J connectivity index is 1.58. The summed E-state index contributed by atoms with van der Waals surface area (Å²) in [5.74, 6) is 1.78. The number of nitrogens with two attached hydrogens (primary N) is 1. The van der Waals surface area contributed by atoms with Gasteiger partial charge in [-0.25, -0.2) is 0 Å². The molecule has 0 amide bonds. The quantitative estimate of drug-likeness (QED) is 0.741. The summed E-state index contributed by atoms with van der Waals surface area (Å²) in [7, 11) is 0. The predicted molar refractivity (Wildman–Crippen MR) is 99.6 cm³/mol. The molecule has 134 valence electrons. The van der Waals surface area contributed by atoms with Crippen molar-refractivity contribution >= 4 is 0 Å². The number of nitrogens with zero attached hydrogens (tertiary/aromatic N) is 2. The minimum atomic E-state index is -0.460. The van der Waals surface area contributed by atoms with Crippen LogP contribution < -0.4 is 10.5 Å². The zero-order chi connectivity index (χ0) is 18.0. The third kappa shape index (κ3) is 3.22. The molecule has 4 rings (SSSR count). The molecule has 0 aliphatic heterocycles. The second-order valence-corrected chi connectivity index (χ2v) is 7.00. The Morgan fingerprint density at radius 1 is 1.08 bits per heavy atom. The van der Waals surface area contributed by atoms with Crippen LogP contribution in [-0.4, -0.2) is 10.1 Å². The summed E-state index contributed by atoms with van der Waals surface area (Å²) in [6, 6.07) is 15.9. The first-order valence-corrected chi connectivity index (χ1v) is 9.05. The van der Waals surface area contributed by atoms with Crippen molar-refractivity contribution in [2.45, 2.75) is 44.8 Å². The Bertz CT molecular complexity index is 898. The lowest BCUT2D eigenvalue weighted by atomic mass is 9.99. The molecule has 26 heavy (non-hydrogen) atoms. The number of para-hydroxylation sites is 1. The highest BCUT2D eigenvalue weighted by Crippen LogP contribution is 2.36. The fraction of sp³-hybridized carbons (Fsp3) is 0.333. The Morgan fingerprint density at radius 3 is 2.62 bits per heavy atom. The normalized spacial score (nSPS) is 15.9. The predicted octanol–water partition coefficient (Wildman–Crippen LogP) is 4.35. The lowest BCUT2D eigenvalue weighted by Gasteiger charge is -2.17. The third-order valence-electron chi connectivity index (χ3n) is 5.13. The van der Waals surface area contributed by atoms with E-state index in [1.807, 2.05) is 36.4 Å². The van der Waals surface area contributed by atoms with Crippen LogP contribution in [0.4, 0.5) is 0 Å². The molecule has 0 radical (unpaired) electrons. The molecule has 1 heterocycles. The molecule has 2 N–H and O–H groups in total. The fourth-order valence-corrected chi connectivity index (χ4v) is 3.46. The highest BCUT2D eigenvalue weighted by atomic mass is 16.5. The maximum absolute atomic E-state index is 6.44. The summed E-state index contributed by atoms with van der Waals surface area (Å²) in [6.07, 6.45) is 4.02. The maximum Gasteiger partial charge on any atom is 0.261 e. The summed E-state index contributed by atoms with van der Waals surface area (Å²) in [5.41, 5.74) is 9.14. The summed E-state index contributed by atoms with van der Waals surface area (Å²) in [4.78, 5) is 4.58. The van der Waals surface area contributed by atoms with E-state index in [9.17, 15) is 0 Å². The molecule has 0 unspecified atom stereocenters. The van der Waals surface area contributed by atoms with E-state index in [1.165, 1.54) is 5.56 Å². The topological polar surface area (TPSA) is 74.2 Å². The number of aryl methyl sites for hydroxylation is 1. The van der Waals surface area contributed by atoms with Crippen molar-refractivity contribution in [2.75, 3.05) is 0 Å². The first kappa shape index (κ1) is 16.8. The van der Waals surface area contributed by atoms with Crippen molar-refractivity contribution in [1.29, 1.82) is 0 Å². The first-order chi connectivity index (χ1) is 12.7. The van der Waals surface area contributed by atoms with Gasteiger partial charge in [0.1, 0.15) is 12.4 Å².